The van der Waals surface area contributed by atoms with E-state index in [1.54, 1.807) is 0 Å². The molecule has 0 aliphatic carbocycles. The van der Waals surface area contributed by atoms with Crippen LogP contribution in [0.1, 0.15) is 18.7 Å². The molecular formula is C13H18ClN3O. The third-order valence-electron chi connectivity index (χ3n) is 2.93. The number of halogens is 1. The van der Waals surface area contributed by atoms with Crippen molar-refractivity contribution in [2.45, 2.75) is 25.8 Å². The molecule has 18 heavy (non-hydrogen) atoms. The molecular weight excluding hydrogens is 250 g/mol. The highest BCUT2D eigenvalue weighted by Crippen LogP contribution is 2.21. The van der Waals surface area contributed by atoms with Gasteiger partial charge in [-0.05, 0) is 37.6 Å². The van der Waals surface area contributed by atoms with Gasteiger partial charge < -0.3 is 15.4 Å². The summed E-state index contributed by atoms with van der Waals surface area (Å²) < 4.78 is 2.15. The molecule has 0 saturated heterocycles. The first-order chi connectivity index (χ1) is 8.76. The van der Waals surface area contributed by atoms with Gasteiger partial charge in [0.25, 0.3) is 0 Å². The predicted molar refractivity (Wildman–Crippen MR) is 73.8 cm³/mol. The highest BCUT2D eigenvalue weighted by molar-refractivity contribution is 6.31. The van der Waals surface area contributed by atoms with E-state index in [1.807, 2.05) is 18.2 Å². The van der Waals surface area contributed by atoms with Crippen LogP contribution in [0.5, 0.6) is 0 Å². The lowest BCUT2D eigenvalue weighted by Crippen LogP contribution is -2.08. The van der Waals surface area contributed by atoms with E-state index in [4.69, 9.17) is 22.4 Å². The summed E-state index contributed by atoms with van der Waals surface area (Å²) in [4.78, 5) is 4.61. The van der Waals surface area contributed by atoms with Crippen molar-refractivity contribution in [3.63, 3.8) is 0 Å². The second-order valence-electron chi connectivity index (χ2n) is 4.28. The maximum atomic E-state index is 8.97. The Morgan fingerprint density at radius 3 is 2.89 bits per heavy atom. The Morgan fingerprint density at radius 1 is 1.33 bits per heavy atom. The summed E-state index contributed by atoms with van der Waals surface area (Å²) in [6.07, 6.45) is 2.49. The van der Waals surface area contributed by atoms with Crippen LogP contribution in [0.15, 0.2) is 18.2 Å². The van der Waals surface area contributed by atoms with Crippen LogP contribution in [0.4, 0.5) is 0 Å². The molecule has 1 heterocycles. The SMILES string of the molecule is NCCCc1nc2cc(Cl)ccc2n1CCCO. The highest BCUT2D eigenvalue weighted by Gasteiger charge is 2.10. The van der Waals surface area contributed by atoms with Crippen LogP contribution in [0.3, 0.4) is 0 Å². The van der Waals surface area contributed by atoms with Crippen LogP contribution in [0.2, 0.25) is 5.02 Å². The number of imidazole rings is 1. The van der Waals surface area contributed by atoms with E-state index in [0.717, 1.165) is 42.7 Å². The van der Waals surface area contributed by atoms with Crippen LogP contribution >= 0.6 is 11.6 Å². The molecule has 4 nitrogen and oxygen atoms in total. The van der Waals surface area contributed by atoms with E-state index in [-0.39, 0.29) is 6.61 Å². The van der Waals surface area contributed by atoms with Crippen molar-refractivity contribution in [2.75, 3.05) is 13.2 Å². The average molecular weight is 268 g/mol. The van der Waals surface area contributed by atoms with Crippen molar-refractivity contribution in [3.05, 3.63) is 29.0 Å². The van der Waals surface area contributed by atoms with E-state index < -0.39 is 0 Å². The smallest absolute Gasteiger partial charge is 0.109 e. The first kappa shape index (κ1) is 13.3. The number of hydrogen-bond acceptors (Lipinski definition) is 3. The minimum atomic E-state index is 0.184. The van der Waals surface area contributed by atoms with Crippen molar-refractivity contribution >= 4 is 22.6 Å². The monoisotopic (exact) mass is 267 g/mol. The molecule has 2 rings (SSSR count). The zero-order valence-corrected chi connectivity index (χ0v) is 11.0. The topological polar surface area (TPSA) is 64.1 Å². The summed E-state index contributed by atoms with van der Waals surface area (Å²) >= 11 is 5.98. The third-order valence-corrected chi connectivity index (χ3v) is 3.17. The molecule has 5 heteroatoms. The van der Waals surface area contributed by atoms with Gasteiger partial charge in [-0.15, -0.1) is 0 Å². The summed E-state index contributed by atoms with van der Waals surface area (Å²) in [5, 5.41) is 9.67. The number of rotatable bonds is 6. The molecule has 0 atom stereocenters. The van der Waals surface area contributed by atoms with Gasteiger partial charge in [-0.25, -0.2) is 4.98 Å². The van der Waals surface area contributed by atoms with Gasteiger partial charge in [0.15, 0.2) is 0 Å². The van der Waals surface area contributed by atoms with Crippen LogP contribution in [-0.4, -0.2) is 27.8 Å². The number of nitrogens with zero attached hydrogens (tertiary/aromatic N) is 2. The second kappa shape index (κ2) is 6.18. The molecule has 0 saturated carbocycles. The third kappa shape index (κ3) is 2.83. The minimum Gasteiger partial charge on any atom is -0.396 e. The Balaban J connectivity index is 2.39. The average Bonchev–Trinajstić information content (AvgIpc) is 2.70. The van der Waals surface area contributed by atoms with Crippen LogP contribution in [-0.2, 0) is 13.0 Å². The number of hydrogen-bond donors (Lipinski definition) is 2. The first-order valence-electron chi connectivity index (χ1n) is 6.22. The van der Waals surface area contributed by atoms with E-state index in [0.29, 0.717) is 11.6 Å². The van der Waals surface area contributed by atoms with Gasteiger partial charge in [0, 0.05) is 24.6 Å². The maximum absolute atomic E-state index is 8.97. The van der Waals surface area contributed by atoms with Gasteiger partial charge in [-0.3, -0.25) is 0 Å². The number of nitrogens with two attached hydrogens (primary N) is 1. The number of aliphatic hydroxyl groups is 1. The lowest BCUT2D eigenvalue weighted by atomic mass is 10.3. The summed E-state index contributed by atoms with van der Waals surface area (Å²) in [5.41, 5.74) is 7.53. The molecule has 0 radical (unpaired) electrons. The summed E-state index contributed by atoms with van der Waals surface area (Å²) in [6.45, 7) is 1.61. The number of aryl methyl sites for hydroxylation is 2. The molecule has 2 aromatic rings. The zero-order valence-electron chi connectivity index (χ0n) is 10.3. The number of benzene rings is 1. The van der Waals surface area contributed by atoms with Gasteiger partial charge in [-0.1, -0.05) is 11.6 Å². The van der Waals surface area contributed by atoms with Crippen molar-refractivity contribution in [1.29, 1.82) is 0 Å². The Morgan fingerprint density at radius 2 is 2.17 bits per heavy atom. The summed E-state index contributed by atoms with van der Waals surface area (Å²) in [5.74, 6) is 1.02. The van der Waals surface area contributed by atoms with Crippen LogP contribution < -0.4 is 5.73 Å². The minimum absolute atomic E-state index is 0.184. The normalized spacial score (nSPS) is 11.3. The standard InChI is InChI=1S/C13H18ClN3O/c14-10-4-5-12-11(9-10)16-13(3-1-6-15)17(12)7-2-8-18/h4-5,9,18H,1-3,6-8,15H2. The zero-order chi connectivity index (χ0) is 13.0. The Bertz CT molecular complexity index is 524. The Hall–Kier alpha value is -1.10. The van der Waals surface area contributed by atoms with Crippen molar-refractivity contribution in [3.8, 4) is 0 Å². The first-order valence-corrected chi connectivity index (χ1v) is 6.59. The quantitative estimate of drug-likeness (QED) is 0.841. The van der Waals surface area contributed by atoms with E-state index in [1.165, 1.54) is 0 Å². The second-order valence-corrected chi connectivity index (χ2v) is 4.72. The molecule has 0 unspecified atom stereocenters. The van der Waals surface area contributed by atoms with Gasteiger partial charge in [0.1, 0.15) is 5.82 Å². The fraction of sp³-hybridized carbons (Fsp3) is 0.462. The van der Waals surface area contributed by atoms with Gasteiger partial charge >= 0.3 is 0 Å². The number of aromatic nitrogens is 2. The van der Waals surface area contributed by atoms with E-state index in [9.17, 15) is 0 Å². The van der Waals surface area contributed by atoms with Gasteiger partial charge in [-0.2, -0.15) is 0 Å². The summed E-state index contributed by atoms with van der Waals surface area (Å²) in [6, 6.07) is 5.72. The highest BCUT2D eigenvalue weighted by atomic mass is 35.5. The molecule has 1 aromatic heterocycles. The lowest BCUT2D eigenvalue weighted by Gasteiger charge is -2.07. The van der Waals surface area contributed by atoms with Gasteiger partial charge in [0.2, 0.25) is 0 Å². The molecule has 0 aliphatic rings. The van der Waals surface area contributed by atoms with Crippen molar-refractivity contribution < 1.29 is 5.11 Å². The van der Waals surface area contributed by atoms with Crippen LogP contribution in [0.25, 0.3) is 11.0 Å². The molecule has 0 fully saturated rings. The van der Waals surface area contributed by atoms with E-state index in [2.05, 4.69) is 9.55 Å². The lowest BCUT2D eigenvalue weighted by molar-refractivity contribution is 0.280. The molecule has 3 N–H and O–H groups in total. The fourth-order valence-corrected chi connectivity index (χ4v) is 2.25. The largest absolute Gasteiger partial charge is 0.396 e. The van der Waals surface area contributed by atoms with Crippen molar-refractivity contribution in [1.82, 2.24) is 9.55 Å². The molecule has 0 bridgehead atoms. The molecule has 0 amide bonds. The number of fused-ring (bicyclic) bond motifs is 1. The van der Waals surface area contributed by atoms with Crippen LogP contribution in [0, 0.1) is 0 Å². The van der Waals surface area contributed by atoms with Gasteiger partial charge in [0.05, 0.1) is 11.0 Å². The molecule has 0 spiro atoms. The summed E-state index contributed by atoms with van der Waals surface area (Å²) in [7, 11) is 0. The maximum Gasteiger partial charge on any atom is 0.109 e. The Labute approximate surface area is 111 Å². The Kier molecular flexibility index (Phi) is 4.58. The fourth-order valence-electron chi connectivity index (χ4n) is 2.08. The van der Waals surface area contributed by atoms with E-state index >= 15 is 0 Å². The predicted octanol–water partition coefficient (Wildman–Crippen LogP) is 1.96. The molecule has 0 aliphatic heterocycles. The molecule has 1 aromatic carbocycles. The molecule has 98 valence electrons. The van der Waals surface area contributed by atoms with Crippen molar-refractivity contribution in [2.24, 2.45) is 5.73 Å². The number of aliphatic hydroxyl groups excluding tert-OH is 1.